The maximum absolute atomic E-state index is 6.62. The standard InChI is InChI=1S/C21H27N3O2/c1-13-4-5-18(23-11-13)16-12-24-7-6-14-8-20(25-2)21(26-3)9-15(14)19(24)10-17(16)22/h4-5,8-9,11,16-17,19H,6-7,10,12,22H2,1-3H3/t16-,17-,19?/m0/s1. The molecular formula is C21H27N3O2. The van der Waals surface area contributed by atoms with Gasteiger partial charge in [-0.1, -0.05) is 6.07 Å². The van der Waals surface area contributed by atoms with E-state index in [1.54, 1.807) is 14.2 Å². The molecule has 5 heteroatoms. The van der Waals surface area contributed by atoms with E-state index in [1.165, 1.54) is 16.7 Å². The molecule has 2 aromatic rings. The summed E-state index contributed by atoms with van der Waals surface area (Å²) in [4.78, 5) is 7.20. The van der Waals surface area contributed by atoms with Gasteiger partial charge in [-0.2, -0.15) is 0 Å². The summed E-state index contributed by atoms with van der Waals surface area (Å²) in [6, 6.07) is 8.98. The molecule has 3 heterocycles. The zero-order valence-corrected chi connectivity index (χ0v) is 15.7. The molecule has 1 aromatic carbocycles. The van der Waals surface area contributed by atoms with Crippen LogP contribution in [0.4, 0.5) is 0 Å². The van der Waals surface area contributed by atoms with Crippen molar-refractivity contribution < 1.29 is 9.47 Å². The lowest BCUT2D eigenvalue weighted by molar-refractivity contribution is 0.108. The van der Waals surface area contributed by atoms with Crippen LogP contribution < -0.4 is 15.2 Å². The molecule has 5 nitrogen and oxygen atoms in total. The fourth-order valence-corrected chi connectivity index (χ4v) is 4.40. The Bertz CT molecular complexity index is 791. The first-order valence-electron chi connectivity index (χ1n) is 9.27. The fourth-order valence-electron chi connectivity index (χ4n) is 4.40. The van der Waals surface area contributed by atoms with E-state index >= 15 is 0 Å². The molecule has 1 aromatic heterocycles. The lowest BCUT2D eigenvalue weighted by atomic mass is 9.79. The summed E-state index contributed by atoms with van der Waals surface area (Å²) in [5, 5.41) is 0. The van der Waals surface area contributed by atoms with Crippen LogP contribution in [0.2, 0.25) is 0 Å². The second-order valence-corrected chi connectivity index (χ2v) is 7.43. The highest BCUT2D eigenvalue weighted by atomic mass is 16.5. The molecule has 0 amide bonds. The number of nitrogens with zero attached hydrogens (tertiary/aromatic N) is 2. The quantitative estimate of drug-likeness (QED) is 0.919. The zero-order valence-electron chi connectivity index (χ0n) is 15.7. The van der Waals surface area contributed by atoms with Gasteiger partial charge in [0.05, 0.1) is 14.2 Å². The van der Waals surface area contributed by atoms with E-state index in [0.29, 0.717) is 6.04 Å². The van der Waals surface area contributed by atoms with E-state index in [2.05, 4.69) is 41.1 Å². The largest absolute Gasteiger partial charge is 0.493 e. The summed E-state index contributed by atoms with van der Waals surface area (Å²) >= 11 is 0. The van der Waals surface area contributed by atoms with Crippen LogP contribution in [0.15, 0.2) is 30.5 Å². The molecule has 0 spiro atoms. The molecular weight excluding hydrogens is 326 g/mol. The second kappa shape index (κ2) is 6.89. The topological polar surface area (TPSA) is 60.6 Å². The molecule has 2 aliphatic heterocycles. The number of piperidine rings is 1. The number of aromatic nitrogens is 1. The summed E-state index contributed by atoms with van der Waals surface area (Å²) in [5.74, 6) is 1.89. The summed E-state index contributed by atoms with van der Waals surface area (Å²) in [6.07, 6.45) is 3.90. The average Bonchev–Trinajstić information content (AvgIpc) is 2.67. The summed E-state index contributed by atoms with van der Waals surface area (Å²) in [5.41, 5.74) is 11.6. The number of nitrogens with two attached hydrogens (primary N) is 1. The Kier molecular flexibility index (Phi) is 4.59. The van der Waals surface area contributed by atoms with Gasteiger partial charge in [-0.3, -0.25) is 9.88 Å². The van der Waals surface area contributed by atoms with E-state index in [4.69, 9.17) is 15.2 Å². The van der Waals surface area contributed by atoms with Crippen molar-refractivity contribution in [2.75, 3.05) is 27.3 Å². The van der Waals surface area contributed by atoms with Crippen molar-refractivity contribution in [2.24, 2.45) is 5.73 Å². The Morgan fingerprint density at radius 1 is 1.15 bits per heavy atom. The lowest BCUT2D eigenvalue weighted by Crippen LogP contribution is -2.50. The molecule has 3 atom stereocenters. The third-order valence-corrected chi connectivity index (χ3v) is 5.87. The van der Waals surface area contributed by atoms with Crippen LogP contribution >= 0.6 is 0 Å². The zero-order chi connectivity index (χ0) is 18.3. The van der Waals surface area contributed by atoms with Gasteiger partial charge < -0.3 is 15.2 Å². The number of fused-ring (bicyclic) bond motifs is 3. The molecule has 0 saturated carbocycles. The minimum atomic E-state index is 0.102. The predicted molar refractivity (Wildman–Crippen MR) is 102 cm³/mol. The van der Waals surface area contributed by atoms with E-state index < -0.39 is 0 Å². The minimum absolute atomic E-state index is 0.102. The minimum Gasteiger partial charge on any atom is -0.493 e. The Labute approximate surface area is 155 Å². The normalized spacial score (nSPS) is 25.3. The molecule has 0 radical (unpaired) electrons. The van der Waals surface area contributed by atoms with Crippen LogP contribution in [-0.4, -0.2) is 43.2 Å². The van der Waals surface area contributed by atoms with Crippen LogP contribution in [-0.2, 0) is 6.42 Å². The van der Waals surface area contributed by atoms with Gasteiger partial charge in [0.15, 0.2) is 11.5 Å². The third kappa shape index (κ3) is 2.95. The first-order chi connectivity index (χ1) is 12.6. The van der Waals surface area contributed by atoms with E-state index in [1.807, 2.05) is 6.20 Å². The number of pyridine rings is 1. The number of hydrogen-bond donors (Lipinski definition) is 1. The Balaban J connectivity index is 1.63. The molecule has 1 fully saturated rings. The van der Waals surface area contributed by atoms with Gasteiger partial charge in [-0.05, 0) is 54.7 Å². The van der Waals surface area contributed by atoms with Crippen molar-refractivity contribution >= 4 is 0 Å². The molecule has 138 valence electrons. The Morgan fingerprint density at radius 2 is 1.92 bits per heavy atom. The van der Waals surface area contributed by atoms with E-state index in [9.17, 15) is 0 Å². The van der Waals surface area contributed by atoms with Crippen molar-refractivity contribution in [1.29, 1.82) is 0 Å². The highest BCUT2D eigenvalue weighted by Gasteiger charge is 2.39. The maximum atomic E-state index is 6.62. The van der Waals surface area contributed by atoms with Crippen molar-refractivity contribution in [3.05, 3.63) is 52.8 Å². The van der Waals surface area contributed by atoms with Crippen molar-refractivity contribution in [1.82, 2.24) is 9.88 Å². The molecule has 26 heavy (non-hydrogen) atoms. The molecule has 0 bridgehead atoms. The fraction of sp³-hybridized carbons (Fsp3) is 0.476. The molecule has 1 saturated heterocycles. The highest BCUT2D eigenvalue weighted by Crippen LogP contribution is 2.43. The lowest BCUT2D eigenvalue weighted by Gasteiger charge is -2.46. The summed E-state index contributed by atoms with van der Waals surface area (Å²) in [7, 11) is 3.38. The molecule has 2 N–H and O–H groups in total. The van der Waals surface area contributed by atoms with Crippen molar-refractivity contribution in [2.45, 2.75) is 37.8 Å². The van der Waals surface area contributed by atoms with Gasteiger partial charge in [0.1, 0.15) is 0 Å². The number of benzene rings is 1. The van der Waals surface area contributed by atoms with Gasteiger partial charge in [-0.25, -0.2) is 0 Å². The Morgan fingerprint density at radius 3 is 2.62 bits per heavy atom. The van der Waals surface area contributed by atoms with Gasteiger partial charge in [-0.15, -0.1) is 0 Å². The third-order valence-electron chi connectivity index (χ3n) is 5.87. The number of ether oxygens (including phenoxy) is 2. The van der Waals surface area contributed by atoms with Gasteiger partial charge in [0.2, 0.25) is 0 Å². The van der Waals surface area contributed by atoms with Crippen LogP contribution in [0.3, 0.4) is 0 Å². The molecule has 2 aliphatic rings. The molecule has 1 unspecified atom stereocenters. The van der Waals surface area contributed by atoms with Gasteiger partial charge >= 0.3 is 0 Å². The highest BCUT2D eigenvalue weighted by molar-refractivity contribution is 5.49. The monoisotopic (exact) mass is 353 g/mol. The second-order valence-electron chi connectivity index (χ2n) is 7.43. The number of rotatable bonds is 3. The van der Waals surface area contributed by atoms with Crippen molar-refractivity contribution in [3.8, 4) is 11.5 Å². The van der Waals surface area contributed by atoms with Gasteiger partial charge in [0.25, 0.3) is 0 Å². The van der Waals surface area contributed by atoms with Crippen molar-refractivity contribution in [3.63, 3.8) is 0 Å². The van der Waals surface area contributed by atoms with E-state index in [-0.39, 0.29) is 12.0 Å². The summed E-state index contributed by atoms with van der Waals surface area (Å²) in [6.45, 7) is 4.06. The smallest absolute Gasteiger partial charge is 0.161 e. The molecule has 4 rings (SSSR count). The predicted octanol–water partition coefficient (Wildman–Crippen LogP) is 2.82. The van der Waals surface area contributed by atoms with E-state index in [0.717, 1.165) is 43.1 Å². The maximum Gasteiger partial charge on any atom is 0.161 e. The number of methoxy groups -OCH3 is 2. The molecule has 0 aliphatic carbocycles. The van der Waals surface area contributed by atoms with Crippen LogP contribution in [0.1, 0.15) is 40.8 Å². The first kappa shape index (κ1) is 17.3. The van der Waals surface area contributed by atoms with Gasteiger partial charge in [0, 0.05) is 43.0 Å². The van der Waals surface area contributed by atoms with Crippen LogP contribution in [0.5, 0.6) is 11.5 Å². The summed E-state index contributed by atoms with van der Waals surface area (Å²) < 4.78 is 11.0. The van der Waals surface area contributed by atoms with Crippen LogP contribution in [0.25, 0.3) is 0 Å². The van der Waals surface area contributed by atoms with Crippen LogP contribution in [0, 0.1) is 6.92 Å². The SMILES string of the molecule is COc1cc2c(cc1OC)C1C[C@H](N)[C@@H](c3ccc(C)cn3)CN1CC2. The Hall–Kier alpha value is -2.11. The first-order valence-corrected chi connectivity index (χ1v) is 9.27. The number of aryl methyl sites for hydroxylation is 1. The number of hydrogen-bond acceptors (Lipinski definition) is 5. The average molecular weight is 353 g/mol.